The summed E-state index contributed by atoms with van der Waals surface area (Å²) in [4.78, 5) is 47.9. The van der Waals surface area contributed by atoms with Gasteiger partial charge in [0.15, 0.2) is 18.3 Å². The van der Waals surface area contributed by atoms with E-state index in [-0.39, 0.29) is 6.42 Å². The van der Waals surface area contributed by atoms with Crippen molar-refractivity contribution in [1.29, 1.82) is 0 Å². The number of carbonyl (C=O) groups excluding carboxylic acids is 4. The molecule has 1 aromatic carbocycles. The maximum absolute atomic E-state index is 12.1. The zero-order valence-corrected chi connectivity index (χ0v) is 17.9. The van der Waals surface area contributed by atoms with Crippen molar-refractivity contribution < 1.29 is 58.2 Å². The molecule has 0 aromatic heterocycles. The lowest BCUT2D eigenvalue weighted by Crippen LogP contribution is -2.68. The molecule has 5 atom stereocenters. The monoisotopic (exact) mass is 472 g/mol. The van der Waals surface area contributed by atoms with Crippen LogP contribution >= 0.6 is 0 Å². The molecule has 1 aliphatic rings. The molecular formula is C22H28O11. The summed E-state index contributed by atoms with van der Waals surface area (Å²) in [6.45, 7) is -4.04. The zero-order valence-electron chi connectivity index (χ0n) is 21.9. The number of carbonyl (C=O) groups is 4. The normalized spacial score (nSPS) is 28.2. The Balaban J connectivity index is 2.58. The van der Waals surface area contributed by atoms with Gasteiger partial charge >= 0.3 is 23.9 Å². The maximum Gasteiger partial charge on any atom is 0.303 e. The Morgan fingerprint density at radius 1 is 0.939 bits per heavy atom. The van der Waals surface area contributed by atoms with Gasteiger partial charge in [0.05, 0.1) is 7.11 Å². The first kappa shape index (κ1) is 20.4. The molecule has 0 bridgehead atoms. The van der Waals surface area contributed by atoms with Gasteiger partial charge in [-0.25, -0.2) is 0 Å². The summed E-state index contributed by atoms with van der Waals surface area (Å²) >= 11 is 0. The highest BCUT2D eigenvalue weighted by atomic mass is 16.7. The van der Waals surface area contributed by atoms with Crippen LogP contribution in [-0.4, -0.2) is 72.9 Å². The van der Waals surface area contributed by atoms with Gasteiger partial charge in [0.1, 0.15) is 18.5 Å². The Bertz CT molecular complexity index is 945. The molecule has 1 aromatic rings. The van der Waals surface area contributed by atoms with Crippen molar-refractivity contribution in [3.8, 4) is 5.75 Å². The molecule has 1 saturated heterocycles. The summed E-state index contributed by atoms with van der Waals surface area (Å²) in [5.74, 6) is -6.34. The van der Waals surface area contributed by atoms with E-state index in [0.29, 0.717) is 11.3 Å². The SMILES string of the molecule is [2H]CC(=O)OC[C@H]1OC(O)(Cc2ccc(OC)cc2)[C@H](OC(=O)C[2H])[C@@H](OC(=O)C[2H])[C@H]1OC(=O)C[2H]. The zero-order chi connectivity index (χ0) is 27.6. The Morgan fingerprint density at radius 2 is 1.52 bits per heavy atom. The number of ether oxygens (including phenoxy) is 6. The molecule has 0 spiro atoms. The highest BCUT2D eigenvalue weighted by Crippen LogP contribution is 2.37. The van der Waals surface area contributed by atoms with Gasteiger partial charge in [-0.2, -0.15) is 0 Å². The van der Waals surface area contributed by atoms with Gasteiger partial charge in [0.2, 0.25) is 5.79 Å². The van der Waals surface area contributed by atoms with Gasteiger partial charge in [0.25, 0.3) is 0 Å². The van der Waals surface area contributed by atoms with Crippen LogP contribution in [0, 0.1) is 0 Å². The second kappa shape index (κ2) is 11.1. The van der Waals surface area contributed by atoms with E-state index in [1.165, 1.54) is 7.11 Å². The van der Waals surface area contributed by atoms with Crippen LogP contribution in [0.4, 0.5) is 0 Å². The van der Waals surface area contributed by atoms with Crippen LogP contribution in [0.2, 0.25) is 0 Å². The number of hydrogen-bond donors (Lipinski definition) is 1. The molecule has 1 aliphatic heterocycles. The topological polar surface area (TPSA) is 144 Å². The van der Waals surface area contributed by atoms with Crippen molar-refractivity contribution in [2.75, 3.05) is 13.7 Å². The van der Waals surface area contributed by atoms with E-state index < -0.39 is 88.3 Å². The minimum atomic E-state index is -2.48. The third kappa shape index (κ3) is 7.16. The molecule has 0 amide bonds. The Hall–Kier alpha value is -3.18. The lowest BCUT2D eigenvalue weighted by atomic mass is 9.88. The minimum Gasteiger partial charge on any atom is -0.497 e. The molecule has 0 aliphatic carbocycles. The van der Waals surface area contributed by atoms with E-state index in [0.717, 1.165) is 0 Å². The minimum absolute atomic E-state index is 0.385. The van der Waals surface area contributed by atoms with Crippen molar-refractivity contribution in [2.45, 2.75) is 64.2 Å². The van der Waals surface area contributed by atoms with Crippen LogP contribution in [-0.2, 0) is 49.3 Å². The summed E-state index contributed by atoms with van der Waals surface area (Å²) in [6.07, 6.45) is -7.20. The molecule has 1 heterocycles. The average molecular weight is 472 g/mol. The molecule has 2 rings (SSSR count). The molecular weight excluding hydrogens is 440 g/mol. The fraction of sp³-hybridized carbons (Fsp3) is 0.545. The number of aliphatic hydroxyl groups is 1. The van der Waals surface area contributed by atoms with Gasteiger partial charge in [0, 0.05) is 39.5 Å². The number of esters is 4. The van der Waals surface area contributed by atoms with Crippen molar-refractivity contribution in [3.05, 3.63) is 29.8 Å². The van der Waals surface area contributed by atoms with E-state index in [4.69, 9.17) is 33.9 Å². The second-order valence-electron chi connectivity index (χ2n) is 7.03. The number of hydrogen-bond acceptors (Lipinski definition) is 11. The third-order valence-electron chi connectivity index (χ3n) is 4.61. The van der Waals surface area contributed by atoms with Crippen molar-refractivity contribution in [3.63, 3.8) is 0 Å². The summed E-state index contributed by atoms with van der Waals surface area (Å²) < 4.78 is 60.5. The molecule has 1 N–H and O–H groups in total. The van der Waals surface area contributed by atoms with Crippen LogP contribution in [0.3, 0.4) is 0 Å². The van der Waals surface area contributed by atoms with Gasteiger partial charge in [-0.3, -0.25) is 19.2 Å². The summed E-state index contributed by atoms with van der Waals surface area (Å²) in [6, 6.07) is 6.29. The van der Waals surface area contributed by atoms with Crippen LogP contribution in [0.15, 0.2) is 24.3 Å². The Kier molecular flexibility index (Phi) is 6.87. The maximum atomic E-state index is 12.1. The molecule has 11 nitrogen and oxygen atoms in total. The van der Waals surface area contributed by atoms with Gasteiger partial charge in [-0.05, 0) is 17.7 Å². The first-order valence-electron chi connectivity index (χ1n) is 12.4. The molecule has 33 heavy (non-hydrogen) atoms. The van der Waals surface area contributed by atoms with Crippen LogP contribution in [0.25, 0.3) is 0 Å². The Labute approximate surface area is 196 Å². The molecule has 11 heteroatoms. The van der Waals surface area contributed by atoms with Crippen LogP contribution in [0.1, 0.15) is 38.6 Å². The third-order valence-corrected chi connectivity index (χ3v) is 4.61. The molecule has 1 unspecified atom stereocenters. The second-order valence-corrected chi connectivity index (χ2v) is 7.03. The van der Waals surface area contributed by atoms with Gasteiger partial charge in [-0.1, -0.05) is 12.1 Å². The number of rotatable bonds is 8. The smallest absolute Gasteiger partial charge is 0.303 e. The fourth-order valence-electron chi connectivity index (χ4n) is 3.39. The van der Waals surface area contributed by atoms with E-state index in [9.17, 15) is 24.3 Å². The predicted octanol–water partition coefficient (Wildman–Crippen LogP) is 0.683. The fourth-order valence-corrected chi connectivity index (χ4v) is 3.39. The first-order chi connectivity index (χ1) is 17.6. The van der Waals surface area contributed by atoms with E-state index in [2.05, 4.69) is 0 Å². The predicted molar refractivity (Wildman–Crippen MR) is 110 cm³/mol. The largest absolute Gasteiger partial charge is 0.497 e. The highest BCUT2D eigenvalue weighted by Gasteiger charge is 2.59. The van der Waals surface area contributed by atoms with Gasteiger partial charge < -0.3 is 33.5 Å². The molecule has 0 radical (unpaired) electrons. The van der Waals surface area contributed by atoms with Crippen LogP contribution in [0.5, 0.6) is 5.75 Å². The van der Waals surface area contributed by atoms with E-state index in [1.54, 1.807) is 24.3 Å². The lowest BCUT2D eigenvalue weighted by molar-refractivity contribution is -0.351. The van der Waals surface area contributed by atoms with E-state index >= 15 is 0 Å². The average Bonchev–Trinajstić information content (AvgIpc) is 2.90. The quantitative estimate of drug-likeness (QED) is 0.421. The first-order valence-corrected chi connectivity index (χ1v) is 9.54. The van der Waals surface area contributed by atoms with Gasteiger partial charge in [-0.15, -0.1) is 0 Å². The molecule has 182 valence electrons. The van der Waals surface area contributed by atoms with Crippen molar-refractivity contribution in [1.82, 2.24) is 0 Å². The molecule has 0 saturated carbocycles. The van der Waals surface area contributed by atoms with Crippen LogP contribution < -0.4 is 4.74 Å². The standard InChI is InChI=1S/C22H28O11/c1-12(23)29-11-18-19(30-13(2)24)20(31-14(3)25)21(32-15(4)26)22(27,33-18)10-16-6-8-17(28-5)9-7-16/h6-9,18-21,27H,10-11H2,1-5H3/t18-,19+,20+,21-,22?/m1/s1/i1D,2D,3D,4D. The number of benzene rings is 1. The summed E-state index contributed by atoms with van der Waals surface area (Å²) in [5, 5.41) is 11.6. The van der Waals surface area contributed by atoms with Crippen molar-refractivity contribution in [2.24, 2.45) is 0 Å². The highest BCUT2D eigenvalue weighted by molar-refractivity contribution is 5.68. The summed E-state index contributed by atoms with van der Waals surface area (Å²) in [7, 11) is 1.45. The number of methoxy groups -OCH3 is 1. The Morgan fingerprint density at radius 3 is 2.09 bits per heavy atom. The summed E-state index contributed by atoms with van der Waals surface area (Å²) in [5.41, 5.74) is 0.435. The van der Waals surface area contributed by atoms with Crippen molar-refractivity contribution >= 4 is 23.9 Å². The lowest BCUT2D eigenvalue weighted by Gasteiger charge is -2.48. The molecule has 1 fully saturated rings. The van der Waals surface area contributed by atoms with E-state index in [1.807, 2.05) is 0 Å².